The molecule has 0 radical (unpaired) electrons. The first-order valence-corrected chi connectivity index (χ1v) is 11.4. The van der Waals surface area contributed by atoms with Gasteiger partial charge in [-0.2, -0.15) is 18.3 Å². The molecule has 0 unspecified atom stereocenters. The van der Waals surface area contributed by atoms with E-state index < -0.39 is 32.6 Å². The summed E-state index contributed by atoms with van der Waals surface area (Å²) in [5.41, 5.74) is -1.09. The molecule has 0 aliphatic rings. The van der Waals surface area contributed by atoms with Crippen LogP contribution in [0.4, 0.5) is 13.2 Å². The Kier molecular flexibility index (Phi) is 5.52. The molecule has 0 bridgehead atoms. The van der Waals surface area contributed by atoms with Gasteiger partial charge in [0, 0.05) is 13.2 Å². The third-order valence-corrected chi connectivity index (χ3v) is 6.66. The summed E-state index contributed by atoms with van der Waals surface area (Å²) in [4.78, 5) is 24.4. The van der Waals surface area contributed by atoms with Crippen molar-refractivity contribution < 1.29 is 26.4 Å². The average Bonchev–Trinajstić information content (AvgIpc) is 3.34. The molecule has 0 aliphatic heterocycles. The van der Waals surface area contributed by atoms with E-state index in [1.807, 2.05) is 0 Å². The minimum Gasteiger partial charge on any atom is -0.340 e. The van der Waals surface area contributed by atoms with Crippen LogP contribution in [0.15, 0.2) is 29.6 Å². The van der Waals surface area contributed by atoms with Gasteiger partial charge in [0.1, 0.15) is 22.8 Å². The van der Waals surface area contributed by atoms with Gasteiger partial charge in [0.15, 0.2) is 20.5 Å². The topological polar surface area (TPSA) is 124 Å². The molecule has 176 valence electrons. The molecular formula is C20H16F3N7O3S. The van der Waals surface area contributed by atoms with E-state index in [9.17, 15) is 26.4 Å². The normalized spacial score (nSPS) is 12.2. The maximum absolute atomic E-state index is 13.1. The summed E-state index contributed by atoms with van der Waals surface area (Å²) in [5.74, 6) is 1.30. The van der Waals surface area contributed by atoms with E-state index in [0.717, 1.165) is 16.8 Å². The SMILES string of the molecule is C#CCNC(=O)c1ccnc2c(-c3nc4cc(C(F)(F)F)ncc4n3C)c(S(=O)(=O)CC)nn12. The third kappa shape index (κ3) is 3.73. The van der Waals surface area contributed by atoms with Crippen LogP contribution in [0, 0.1) is 12.3 Å². The minimum atomic E-state index is -4.69. The fraction of sp³-hybridized carbons (Fsp3) is 0.250. The fourth-order valence-corrected chi connectivity index (χ4v) is 4.31. The number of halogens is 3. The maximum atomic E-state index is 13.1. The zero-order chi connectivity index (χ0) is 24.8. The number of carbonyl (C=O) groups excluding carboxylic acids is 1. The Hall–Kier alpha value is -3.99. The molecule has 0 fully saturated rings. The van der Waals surface area contributed by atoms with Gasteiger partial charge in [-0.15, -0.1) is 6.42 Å². The van der Waals surface area contributed by atoms with E-state index in [-0.39, 0.29) is 46.1 Å². The van der Waals surface area contributed by atoms with E-state index in [1.165, 1.54) is 30.8 Å². The molecule has 0 saturated heterocycles. The number of hydrogen-bond donors (Lipinski definition) is 1. The van der Waals surface area contributed by atoms with Crippen LogP contribution in [0.5, 0.6) is 0 Å². The molecule has 1 amide bonds. The van der Waals surface area contributed by atoms with Gasteiger partial charge < -0.3 is 9.88 Å². The predicted octanol–water partition coefficient (Wildman–Crippen LogP) is 1.85. The molecule has 0 aliphatic carbocycles. The number of sulfone groups is 1. The highest BCUT2D eigenvalue weighted by Crippen LogP contribution is 2.34. The predicted molar refractivity (Wildman–Crippen MR) is 114 cm³/mol. The van der Waals surface area contributed by atoms with Gasteiger partial charge in [-0.25, -0.2) is 27.9 Å². The van der Waals surface area contributed by atoms with E-state index >= 15 is 0 Å². The number of rotatable bonds is 5. The minimum absolute atomic E-state index is 0.00756. The lowest BCUT2D eigenvalue weighted by molar-refractivity contribution is -0.141. The van der Waals surface area contributed by atoms with Gasteiger partial charge in [-0.05, 0) is 12.1 Å². The van der Waals surface area contributed by atoms with Crippen LogP contribution in [0.1, 0.15) is 23.1 Å². The summed E-state index contributed by atoms with van der Waals surface area (Å²) in [6.45, 7) is 1.34. The van der Waals surface area contributed by atoms with E-state index in [4.69, 9.17) is 6.42 Å². The van der Waals surface area contributed by atoms with Gasteiger partial charge in [-0.1, -0.05) is 12.8 Å². The van der Waals surface area contributed by atoms with E-state index in [0.29, 0.717) is 0 Å². The first-order valence-electron chi connectivity index (χ1n) is 9.71. The van der Waals surface area contributed by atoms with Crippen molar-refractivity contribution in [3.05, 3.63) is 35.9 Å². The molecule has 4 aromatic heterocycles. The van der Waals surface area contributed by atoms with Crippen molar-refractivity contribution in [2.24, 2.45) is 7.05 Å². The molecule has 0 spiro atoms. The molecule has 4 aromatic rings. The van der Waals surface area contributed by atoms with Crippen molar-refractivity contribution in [1.29, 1.82) is 0 Å². The zero-order valence-corrected chi connectivity index (χ0v) is 18.6. The standard InChI is InChI=1S/C20H16F3N7O3S/c1-4-7-25-18(31)12-6-8-24-16-15(19(28-30(12)16)34(32,33)5-2)17-27-11-9-14(20(21,22)23)26-10-13(11)29(17)3/h1,6,8-10H,5,7H2,2-3H3,(H,25,31). The monoisotopic (exact) mass is 491 g/mol. The second-order valence-electron chi connectivity index (χ2n) is 7.09. The molecule has 0 atom stereocenters. The lowest BCUT2D eigenvalue weighted by Crippen LogP contribution is -2.26. The molecule has 34 heavy (non-hydrogen) atoms. The summed E-state index contributed by atoms with van der Waals surface area (Å²) in [7, 11) is -2.47. The fourth-order valence-electron chi connectivity index (χ4n) is 3.34. The number of hydrogen-bond acceptors (Lipinski definition) is 7. The molecular weight excluding hydrogens is 475 g/mol. The number of carbonyl (C=O) groups is 1. The number of pyridine rings is 1. The quantitative estimate of drug-likeness (QED) is 0.423. The molecule has 4 rings (SSSR count). The summed E-state index contributed by atoms with van der Waals surface area (Å²) >= 11 is 0. The Labute approximate surface area is 190 Å². The van der Waals surface area contributed by atoms with Crippen molar-refractivity contribution in [2.45, 2.75) is 18.1 Å². The smallest absolute Gasteiger partial charge is 0.340 e. The molecule has 10 nitrogen and oxygen atoms in total. The van der Waals surface area contributed by atoms with Crippen LogP contribution >= 0.6 is 0 Å². The number of alkyl halides is 3. The largest absolute Gasteiger partial charge is 0.433 e. The molecule has 14 heteroatoms. The van der Waals surface area contributed by atoms with E-state index in [2.05, 4.69) is 31.3 Å². The Morgan fingerprint density at radius 1 is 1.29 bits per heavy atom. The van der Waals surface area contributed by atoms with E-state index in [1.54, 1.807) is 0 Å². The number of nitrogens with one attached hydrogen (secondary N) is 1. The highest BCUT2D eigenvalue weighted by Gasteiger charge is 2.34. The molecule has 1 N–H and O–H groups in total. The van der Waals surface area contributed by atoms with Crippen molar-refractivity contribution in [3.8, 4) is 23.7 Å². The number of nitrogens with zero attached hydrogens (tertiary/aromatic N) is 6. The van der Waals surface area contributed by atoms with Crippen molar-refractivity contribution in [1.82, 2.24) is 34.4 Å². The number of amides is 1. The Morgan fingerprint density at radius 2 is 2.03 bits per heavy atom. The molecule has 0 saturated carbocycles. The van der Waals surface area contributed by atoms with Crippen LogP contribution in [0.25, 0.3) is 28.1 Å². The summed E-state index contributed by atoms with van der Waals surface area (Å²) < 4.78 is 67.6. The highest BCUT2D eigenvalue weighted by atomic mass is 32.2. The van der Waals surface area contributed by atoms with Crippen LogP contribution in [0.3, 0.4) is 0 Å². The molecule has 0 aromatic carbocycles. The van der Waals surface area contributed by atoms with Crippen molar-refractivity contribution in [3.63, 3.8) is 0 Å². The highest BCUT2D eigenvalue weighted by molar-refractivity contribution is 7.91. The van der Waals surface area contributed by atoms with Crippen LogP contribution < -0.4 is 5.32 Å². The van der Waals surface area contributed by atoms with Gasteiger partial charge in [0.05, 0.1) is 29.5 Å². The van der Waals surface area contributed by atoms with Crippen molar-refractivity contribution in [2.75, 3.05) is 12.3 Å². The van der Waals surface area contributed by atoms with Crippen LogP contribution in [-0.4, -0.2) is 55.8 Å². The first kappa shape index (κ1) is 23.2. The Bertz CT molecular complexity index is 1600. The van der Waals surface area contributed by atoms with Crippen LogP contribution in [-0.2, 0) is 23.1 Å². The second kappa shape index (κ2) is 8.10. The van der Waals surface area contributed by atoms with Gasteiger partial charge in [0.25, 0.3) is 5.91 Å². The maximum Gasteiger partial charge on any atom is 0.433 e. The lowest BCUT2D eigenvalue weighted by Gasteiger charge is -2.05. The zero-order valence-electron chi connectivity index (χ0n) is 17.8. The van der Waals surface area contributed by atoms with Gasteiger partial charge >= 0.3 is 6.18 Å². The third-order valence-electron chi connectivity index (χ3n) is 5.03. The number of aromatic nitrogens is 6. The number of fused-ring (bicyclic) bond motifs is 2. The average molecular weight is 491 g/mol. The summed E-state index contributed by atoms with van der Waals surface area (Å²) in [5, 5.41) is 6.19. The first-order chi connectivity index (χ1) is 16.0. The number of imidazole rings is 1. The summed E-state index contributed by atoms with van der Waals surface area (Å²) in [6, 6.07) is 2.09. The second-order valence-corrected chi connectivity index (χ2v) is 9.28. The molecule has 4 heterocycles. The lowest BCUT2D eigenvalue weighted by atomic mass is 10.3. The van der Waals surface area contributed by atoms with Crippen molar-refractivity contribution >= 4 is 32.4 Å². The Balaban J connectivity index is 2.04. The number of terminal acetylenes is 1. The summed E-state index contributed by atoms with van der Waals surface area (Å²) in [6.07, 6.45) is 2.77. The van der Waals surface area contributed by atoms with Gasteiger partial charge in [-0.3, -0.25) is 4.79 Å². The van der Waals surface area contributed by atoms with Crippen LogP contribution in [0.2, 0.25) is 0 Å². The number of aryl methyl sites for hydroxylation is 1. The Morgan fingerprint density at radius 3 is 2.68 bits per heavy atom. The van der Waals surface area contributed by atoms with Gasteiger partial charge in [0.2, 0.25) is 0 Å².